The van der Waals surface area contributed by atoms with E-state index in [9.17, 15) is 4.79 Å². The minimum absolute atomic E-state index is 0.190. The van der Waals surface area contributed by atoms with Crippen LogP contribution in [0.2, 0.25) is 0 Å². The maximum Gasteiger partial charge on any atom is 0.164 e. The fourth-order valence-electron chi connectivity index (χ4n) is 1.12. The van der Waals surface area contributed by atoms with Crippen molar-refractivity contribution >= 4 is 37.6 Å². The van der Waals surface area contributed by atoms with Crippen LogP contribution in [0.5, 0.6) is 0 Å². The summed E-state index contributed by atoms with van der Waals surface area (Å²) in [6.07, 6.45) is 0.553. The molecule has 1 aromatic carbocycles. The van der Waals surface area contributed by atoms with Crippen molar-refractivity contribution in [3.63, 3.8) is 0 Å². The maximum atomic E-state index is 11.6. The van der Waals surface area contributed by atoms with Crippen molar-refractivity contribution < 1.29 is 4.79 Å². The van der Waals surface area contributed by atoms with Crippen LogP contribution in [0.25, 0.3) is 0 Å². The molecule has 0 aliphatic rings. The van der Waals surface area contributed by atoms with Crippen LogP contribution in [0.15, 0.2) is 22.7 Å². The van der Waals surface area contributed by atoms with Gasteiger partial charge in [0, 0.05) is 21.8 Å². The third-order valence-corrected chi connectivity index (χ3v) is 2.71. The summed E-state index contributed by atoms with van der Waals surface area (Å²) in [5.41, 5.74) is 1.85. The molecule has 0 saturated carbocycles. The molecule has 13 heavy (non-hydrogen) atoms. The smallest absolute Gasteiger partial charge is 0.164 e. The van der Waals surface area contributed by atoms with E-state index in [1.54, 1.807) is 0 Å². The van der Waals surface area contributed by atoms with Crippen LogP contribution < -0.4 is 0 Å². The molecule has 3 heteroatoms. The van der Waals surface area contributed by atoms with Gasteiger partial charge in [-0.25, -0.2) is 0 Å². The van der Waals surface area contributed by atoms with Crippen LogP contribution >= 0.6 is 31.9 Å². The predicted octanol–water partition coefficient (Wildman–Crippen LogP) is 3.73. The lowest BCUT2D eigenvalue weighted by Crippen LogP contribution is -2.01. The van der Waals surface area contributed by atoms with Gasteiger partial charge in [-0.1, -0.05) is 37.9 Å². The fourth-order valence-corrected chi connectivity index (χ4v) is 1.84. The largest absolute Gasteiger partial charge is 0.294 e. The zero-order valence-corrected chi connectivity index (χ0v) is 10.5. The van der Waals surface area contributed by atoms with Gasteiger partial charge in [-0.3, -0.25) is 4.79 Å². The Morgan fingerprint density at radius 2 is 2.15 bits per heavy atom. The summed E-state index contributed by atoms with van der Waals surface area (Å²) in [5.74, 6) is 0.190. The number of Topliss-reactive ketones (excluding diaryl/α,β-unsaturated/α-hetero) is 1. The third kappa shape index (κ3) is 2.92. The Bertz CT molecular complexity index is 321. The van der Waals surface area contributed by atoms with E-state index in [0.717, 1.165) is 20.9 Å². The highest BCUT2D eigenvalue weighted by Gasteiger charge is 2.07. The first-order chi connectivity index (χ1) is 6.15. The van der Waals surface area contributed by atoms with Crippen molar-refractivity contribution in [2.75, 3.05) is 5.33 Å². The molecule has 0 heterocycles. The Hall–Kier alpha value is -0.150. The molecule has 0 fully saturated rings. The first-order valence-electron chi connectivity index (χ1n) is 4.00. The summed E-state index contributed by atoms with van der Waals surface area (Å²) in [6.45, 7) is 1.95. The Labute approximate surface area is 94.8 Å². The third-order valence-electron chi connectivity index (χ3n) is 1.82. The Balaban J connectivity index is 2.99. The molecule has 0 aliphatic heterocycles. The lowest BCUT2D eigenvalue weighted by Gasteiger charge is -2.03. The summed E-state index contributed by atoms with van der Waals surface area (Å²) >= 11 is 6.61. The first-order valence-corrected chi connectivity index (χ1v) is 5.92. The van der Waals surface area contributed by atoms with Crippen LogP contribution in [-0.4, -0.2) is 11.1 Å². The van der Waals surface area contributed by atoms with E-state index in [2.05, 4.69) is 31.9 Å². The molecule has 0 atom stereocenters. The molecule has 0 aliphatic carbocycles. The molecular weight excluding hydrogens is 296 g/mol. The highest BCUT2D eigenvalue weighted by Crippen LogP contribution is 2.17. The van der Waals surface area contributed by atoms with E-state index in [4.69, 9.17) is 0 Å². The van der Waals surface area contributed by atoms with Crippen LogP contribution in [0.3, 0.4) is 0 Å². The summed E-state index contributed by atoms with van der Waals surface area (Å²) < 4.78 is 0.955. The summed E-state index contributed by atoms with van der Waals surface area (Å²) in [5, 5.41) is 0.720. The zero-order valence-electron chi connectivity index (χ0n) is 7.31. The number of hydrogen-bond donors (Lipinski definition) is 0. The number of rotatable bonds is 3. The number of halogens is 2. The van der Waals surface area contributed by atoms with E-state index in [0.29, 0.717) is 6.42 Å². The highest BCUT2D eigenvalue weighted by molar-refractivity contribution is 9.10. The van der Waals surface area contributed by atoms with Gasteiger partial charge < -0.3 is 0 Å². The van der Waals surface area contributed by atoms with Crippen LogP contribution in [0, 0.1) is 6.92 Å². The molecule has 0 N–H and O–H groups in total. The number of benzene rings is 1. The van der Waals surface area contributed by atoms with Gasteiger partial charge in [0.05, 0.1) is 0 Å². The van der Waals surface area contributed by atoms with Crippen molar-refractivity contribution in [3.8, 4) is 0 Å². The minimum atomic E-state index is 0.190. The molecule has 1 nitrogen and oxygen atoms in total. The molecular formula is C10H10Br2O. The van der Waals surface area contributed by atoms with Gasteiger partial charge in [0.25, 0.3) is 0 Å². The maximum absolute atomic E-state index is 11.6. The van der Waals surface area contributed by atoms with Crippen molar-refractivity contribution in [2.24, 2.45) is 0 Å². The molecule has 0 aromatic heterocycles. The minimum Gasteiger partial charge on any atom is -0.294 e. The SMILES string of the molecule is Cc1ccc(Br)cc1C(=O)CCBr. The van der Waals surface area contributed by atoms with Gasteiger partial charge in [0.2, 0.25) is 0 Å². The van der Waals surface area contributed by atoms with Gasteiger partial charge in [0.15, 0.2) is 5.78 Å². The second-order valence-corrected chi connectivity index (χ2v) is 4.53. The molecule has 0 amide bonds. The standard InChI is InChI=1S/C10H10Br2O/c1-7-2-3-8(12)6-9(7)10(13)4-5-11/h2-3,6H,4-5H2,1H3. The van der Waals surface area contributed by atoms with Crippen LogP contribution in [-0.2, 0) is 0 Å². The van der Waals surface area contributed by atoms with Gasteiger partial charge >= 0.3 is 0 Å². The number of ketones is 1. The number of alkyl halides is 1. The Morgan fingerprint density at radius 1 is 1.46 bits per heavy atom. The predicted molar refractivity (Wildman–Crippen MR) is 61.6 cm³/mol. The topological polar surface area (TPSA) is 17.1 Å². The summed E-state index contributed by atoms with van der Waals surface area (Å²) in [7, 11) is 0. The Kier molecular flexibility index (Phi) is 4.13. The van der Waals surface area contributed by atoms with Crippen molar-refractivity contribution in [1.29, 1.82) is 0 Å². The van der Waals surface area contributed by atoms with E-state index < -0.39 is 0 Å². The summed E-state index contributed by atoms with van der Waals surface area (Å²) in [6, 6.07) is 5.77. The average Bonchev–Trinajstić information content (AvgIpc) is 2.09. The highest BCUT2D eigenvalue weighted by atomic mass is 79.9. The molecule has 0 radical (unpaired) electrons. The Morgan fingerprint density at radius 3 is 2.77 bits per heavy atom. The average molecular weight is 306 g/mol. The van der Waals surface area contributed by atoms with E-state index >= 15 is 0 Å². The lowest BCUT2D eigenvalue weighted by molar-refractivity contribution is 0.0989. The van der Waals surface area contributed by atoms with Gasteiger partial charge in [-0.15, -0.1) is 0 Å². The number of carbonyl (C=O) groups is 1. The molecule has 70 valence electrons. The number of hydrogen-bond acceptors (Lipinski definition) is 1. The normalized spacial score (nSPS) is 10.1. The van der Waals surface area contributed by atoms with Crippen molar-refractivity contribution in [3.05, 3.63) is 33.8 Å². The quantitative estimate of drug-likeness (QED) is 0.614. The molecule has 0 bridgehead atoms. The second-order valence-electron chi connectivity index (χ2n) is 2.82. The first kappa shape index (κ1) is 10.9. The molecule has 1 rings (SSSR count). The van der Waals surface area contributed by atoms with Crippen molar-refractivity contribution in [2.45, 2.75) is 13.3 Å². The van der Waals surface area contributed by atoms with E-state index in [1.807, 2.05) is 25.1 Å². The fraction of sp³-hybridized carbons (Fsp3) is 0.300. The van der Waals surface area contributed by atoms with Gasteiger partial charge in [-0.2, -0.15) is 0 Å². The van der Waals surface area contributed by atoms with E-state index in [-0.39, 0.29) is 5.78 Å². The molecule has 0 saturated heterocycles. The zero-order chi connectivity index (χ0) is 9.84. The summed E-state index contributed by atoms with van der Waals surface area (Å²) in [4.78, 5) is 11.6. The van der Waals surface area contributed by atoms with Crippen molar-refractivity contribution in [1.82, 2.24) is 0 Å². The van der Waals surface area contributed by atoms with Crippen LogP contribution in [0.1, 0.15) is 22.3 Å². The number of carbonyl (C=O) groups excluding carboxylic acids is 1. The molecule has 1 aromatic rings. The number of aryl methyl sites for hydroxylation is 1. The molecule has 0 unspecified atom stereocenters. The molecule has 0 spiro atoms. The monoisotopic (exact) mass is 304 g/mol. The van der Waals surface area contributed by atoms with Crippen LogP contribution in [0.4, 0.5) is 0 Å². The van der Waals surface area contributed by atoms with Gasteiger partial charge in [-0.05, 0) is 24.6 Å². The second kappa shape index (κ2) is 4.91. The van der Waals surface area contributed by atoms with Gasteiger partial charge in [0.1, 0.15) is 0 Å². The lowest BCUT2D eigenvalue weighted by atomic mass is 10.0. The van der Waals surface area contributed by atoms with E-state index in [1.165, 1.54) is 0 Å².